The van der Waals surface area contributed by atoms with Crippen LogP contribution in [0.3, 0.4) is 0 Å². The molecule has 0 radical (unpaired) electrons. The molecule has 0 aliphatic heterocycles. The standard InChI is InChI=1S/C15H24FN3/c1-2-19(11-13-8-14(16)10-18-9-13)15(12-17)6-4-3-5-7-15/h8-10H,2-7,11-12,17H2,1H3. The van der Waals surface area contributed by atoms with Crippen LogP contribution in [0.5, 0.6) is 0 Å². The highest BCUT2D eigenvalue weighted by Crippen LogP contribution is 2.33. The molecule has 4 heteroatoms. The molecule has 0 bridgehead atoms. The number of rotatable bonds is 5. The van der Waals surface area contributed by atoms with Gasteiger partial charge in [0.15, 0.2) is 0 Å². The highest BCUT2D eigenvalue weighted by atomic mass is 19.1. The predicted molar refractivity (Wildman–Crippen MR) is 75.1 cm³/mol. The first kappa shape index (κ1) is 14.4. The lowest BCUT2D eigenvalue weighted by Gasteiger charge is -2.45. The molecule has 0 unspecified atom stereocenters. The van der Waals surface area contributed by atoms with Crippen LogP contribution in [0.4, 0.5) is 4.39 Å². The first-order valence-corrected chi connectivity index (χ1v) is 7.25. The Morgan fingerprint density at radius 3 is 2.63 bits per heavy atom. The van der Waals surface area contributed by atoms with E-state index in [0.717, 1.165) is 31.5 Å². The van der Waals surface area contributed by atoms with Crippen molar-refractivity contribution in [1.82, 2.24) is 9.88 Å². The minimum atomic E-state index is -0.265. The molecule has 3 nitrogen and oxygen atoms in total. The van der Waals surface area contributed by atoms with Gasteiger partial charge in [0.2, 0.25) is 0 Å². The maximum absolute atomic E-state index is 13.2. The highest BCUT2D eigenvalue weighted by Gasteiger charge is 2.35. The highest BCUT2D eigenvalue weighted by molar-refractivity contribution is 5.11. The van der Waals surface area contributed by atoms with Gasteiger partial charge in [-0.05, 0) is 31.0 Å². The minimum Gasteiger partial charge on any atom is -0.329 e. The zero-order valence-corrected chi connectivity index (χ0v) is 11.7. The van der Waals surface area contributed by atoms with Crippen LogP contribution in [-0.4, -0.2) is 28.5 Å². The second-order valence-corrected chi connectivity index (χ2v) is 5.51. The van der Waals surface area contributed by atoms with Crippen LogP contribution in [0, 0.1) is 5.82 Å². The lowest BCUT2D eigenvalue weighted by Crippen LogP contribution is -2.54. The summed E-state index contributed by atoms with van der Waals surface area (Å²) in [5.41, 5.74) is 7.09. The van der Waals surface area contributed by atoms with Crippen LogP contribution in [0.15, 0.2) is 18.5 Å². The van der Waals surface area contributed by atoms with Gasteiger partial charge >= 0.3 is 0 Å². The molecule has 106 valence electrons. The Hall–Kier alpha value is -1.00. The number of pyridine rings is 1. The van der Waals surface area contributed by atoms with Crippen molar-refractivity contribution in [3.05, 3.63) is 29.8 Å². The van der Waals surface area contributed by atoms with Crippen LogP contribution < -0.4 is 5.73 Å². The SMILES string of the molecule is CCN(Cc1cncc(F)c1)C1(CN)CCCCC1. The topological polar surface area (TPSA) is 42.2 Å². The van der Waals surface area contributed by atoms with E-state index in [1.54, 1.807) is 12.3 Å². The number of hydrogen-bond acceptors (Lipinski definition) is 3. The second-order valence-electron chi connectivity index (χ2n) is 5.51. The first-order chi connectivity index (χ1) is 9.20. The molecule has 1 aromatic rings. The molecule has 2 rings (SSSR count). The Labute approximate surface area is 115 Å². The molecular weight excluding hydrogens is 241 g/mol. The van der Waals surface area contributed by atoms with E-state index in [2.05, 4.69) is 16.8 Å². The molecule has 1 aliphatic rings. The summed E-state index contributed by atoms with van der Waals surface area (Å²) in [6, 6.07) is 1.57. The average Bonchev–Trinajstić information content (AvgIpc) is 2.45. The van der Waals surface area contributed by atoms with Crippen molar-refractivity contribution in [1.29, 1.82) is 0 Å². The summed E-state index contributed by atoms with van der Waals surface area (Å²) >= 11 is 0. The molecule has 0 spiro atoms. The van der Waals surface area contributed by atoms with Gasteiger partial charge in [0.25, 0.3) is 0 Å². The van der Waals surface area contributed by atoms with E-state index < -0.39 is 0 Å². The molecule has 1 aromatic heterocycles. The van der Waals surface area contributed by atoms with E-state index in [9.17, 15) is 4.39 Å². The van der Waals surface area contributed by atoms with E-state index >= 15 is 0 Å². The van der Waals surface area contributed by atoms with Gasteiger partial charge in [-0.2, -0.15) is 0 Å². The van der Waals surface area contributed by atoms with E-state index in [1.165, 1.54) is 25.5 Å². The summed E-state index contributed by atoms with van der Waals surface area (Å²) in [5, 5.41) is 0. The summed E-state index contributed by atoms with van der Waals surface area (Å²) in [6.07, 6.45) is 9.10. The summed E-state index contributed by atoms with van der Waals surface area (Å²) in [5.74, 6) is -0.265. The third-order valence-corrected chi connectivity index (χ3v) is 4.35. The summed E-state index contributed by atoms with van der Waals surface area (Å²) < 4.78 is 13.2. The average molecular weight is 265 g/mol. The van der Waals surface area contributed by atoms with E-state index in [1.807, 2.05) is 0 Å². The second kappa shape index (κ2) is 6.44. The fourth-order valence-corrected chi connectivity index (χ4v) is 3.24. The third-order valence-electron chi connectivity index (χ3n) is 4.35. The number of aromatic nitrogens is 1. The largest absolute Gasteiger partial charge is 0.329 e. The zero-order chi connectivity index (χ0) is 13.7. The van der Waals surface area contributed by atoms with Crippen LogP contribution in [-0.2, 0) is 6.54 Å². The van der Waals surface area contributed by atoms with Gasteiger partial charge in [0.05, 0.1) is 6.20 Å². The maximum Gasteiger partial charge on any atom is 0.141 e. The van der Waals surface area contributed by atoms with Crippen molar-refractivity contribution in [3.63, 3.8) is 0 Å². The molecule has 1 fully saturated rings. The molecule has 1 heterocycles. The molecule has 1 saturated carbocycles. The van der Waals surface area contributed by atoms with Gasteiger partial charge in [-0.15, -0.1) is 0 Å². The molecule has 2 N–H and O–H groups in total. The van der Waals surface area contributed by atoms with Crippen molar-refractivity contribution in [2.24, 2.45) is 5.73 Å². The number of nitrogens with zero attached hydrogens (tertiary/aromatic N) is 2. The van der Waals surface area contributed by atoms with Crippen molar-refractivity contribution < 1.29 is 4.39 Å². The fourth-order valence-electron chi connectivity index (χ4n) is 3.24. The molecule has 0 amide bonds. The minimum absolute atomic E-state index is 0.0965. The molecule has 0 aromatic carbocycles. The molecular formula is C15H24FN3. The summed E-state index contributed by atoms with van der Waals surface area (Å²) in [7, 11) is 0. The molecule has 1 aliphatic carbocycles. The van der Waals surface area contributed by atoms with E-state index in [-0.39, 0.29) is 11.4 Å². The van der Waals surface area contributed by atoms with Gasteiger partial charge in [-0.1, -0.05) is 26.2 Å². The summed E-state index contributed by atoms with van der Waals surface area (Å²) in [6.45, 7) is 4.51. The van der Waals surface area contributed by atoms with Crippen LogP contribution in [0.1, 0.15) is 44.6 Å². The normalized spacial score (nSPS) is 18.7. The third kappa shape index (κ3) is 3.31. The van der Waals surface area contributed by atoms with Gasteiger partial charge in [0, 0.05) is 24.8 Å². The van der Waals surface area contributed by atoms with Crippen LogP contribution in [0.25, 0.3) is 0 Å². The van der Waals surface area contributed by atoms with Gasteiger partial charge in [-0.25, -0.2) is 4.39 Å². The van der Waals surface area contributed by atoms with Crippen molar-refractivity contribution >= 4 is 0 Å². The van der Waals surface area contributed by atoms with Crippen molar-refractivity contribution in [2.45, 2.75) is 51.1 Å². The Kier molecular flexibility index (Phi) is 4.88. The number of halogens is 1. The lowest BCUT2D eigenvalue weighted by molar-refractivity contribution is 0.0545. The Morgan fingerprint density at radius 2 is 2.05 bits per heavy atom. The van der Waals surface area contributed by atoms with E-state index in [4.69, 9.17) is 5.73 Å². The van der Waals surface area contributed by atoms with Gasteiger partial charge in [-0.3, -0.25) is 9.88 Å². The van der Waals surface area contributed by atoms with Crippen molar-refractivity contribution in [2.75, 3.05) is 13.1 Å². The Morgan fingerprint density at radius 1 is 1.32 bits per heavy atom. The smallest absolute Gasteiger partial charge is 0.141 e. The van der Waals surface area contributed by atoms with Crippen LogP contribution >= 0.6 is 0 Å². The van der Waals surface area contributed by atoms with Crippen molar-refractivity contribution in [3.8, 4) is 0 Å². The number of likely N-dealkylation sites (N-methyl/N-ethyl adjacent to an activating group) is 1. The number of nitrogens with two attached hydrogens (primary N) is 1. The monoisotopic (exact) mass is 265 g/mol. The molecule has 19 heavy (non-hydrogen) atoms. The zero-order valence-electron chi connectivity index (χ0n) is 11.7. The molecule has 0 saturated heterocycles. The predicted octanol–water partition coefficient (Wildman–Crippen LogP) is 2.70. The lowest BCUT2D eigenvalue weighted by atomic mass is 9.80. The quantitative estimate of drug-likeness (QED) is 0.890. The Bertz CT molecular complexity index is 402. The summed E-state index contributed by atoms with van der Waals surface area (Å²) in [4.78, 5) is 6.34. The van der Waals surface area contributed by atoms with Crippen LogP contribution in [0.2, 0.25) is 0 Å². The fraction of sp³-hybridized carbons (Fsp3) is 0.667. The maximum atomic E-state index is 13.2. The Balaban J connectivity index is 2.14. The molecule has 0 atom stereocenters. The first-order valence-electron chi connectivity index (χ1n) is 7.25. The van der Waals surface area contributed by atoms with Gasteiger partial charge in [0.1, 0.15) is 5.82 Å². The number of hydrogen-bond donors (Lipinski definition) is 1. The van der Waals surface area contributed by atoms with E-state index in [0.29, 0.717) is 6.54 Å². The van der Waals surface area contributed by atoms with Gasteiger partial charge < -0.3 is 5.73 Å².